The minimum absolute atomic E-state index is 0.216. The van der Waals surface area contributed by atoms with Gasteiger partial charge in [0.1, 0.15) is 5.60 Å². The summed E-state index contributed by atoms with van der Waals surface area (Å²) < 4.78 is 5.25. The van der Waals surface area contributed by atoms with Gasteiger partial charge in [0.25, 0.3) is 0 Å². The van der Waals surface area contributed by atoms with Crippen LogP contribution in [0.3, 0.4) is 0 Å². The number of amides is 1. The summed E-state index contributed by atoms with van der Waals surface area (Å²) in [6, 6.07) is -0.216. The second-order valence-electron chi connectivity index (χ2n) is 7.07. The Hall–Kier alpha value is -0.770. The third kappa shape index (κ3) is 7.13. The highest BCUT2D eigenvalue weighted by Gasteiger charge is 2.23. The summed E-state index contributed by atoms with van der Waals surface area (Å²) in [5.74, 6) is 0.755. The van der Waals surface area contributed by atoms with Crippen LogP contribution in [-0.4, -0.2) is 28.9 Å². The van der Waals surface area contributed by atoms with E-state index in [1.165, 1.54) is 32.1 Å². The number of ether oxygens (including phenoxy) is 1. The van der Waals surface area contributed by atoms with Crippen molar-refractivity contribution < 1.29 is 14.6 Å². The van der Waals surface area contributed by atoms with Crippen LogP contribution in [0.25, 0.3) is 0 Å². The molecule has 2 unspecified atom stereocenters. The number of nitrogens with one attached hydrogen (secondary N) is 1. The van der Waals surface area contributed by atoms with Crippen molar-refractivity contribution in [1.82, 2.24) is 5.32 Å². The SMILES string of the molecule is CC(O)C(CCC1CCCCC1)NC(=O)OC(C)(C)C. The van der Waals surface area contributed by atoms with Crippen molar-refractivity contribution in [2.24, 2.45) is 5.92 Å². The molecule has 0 aromatic carbocycles. The molecule has 2 atom stereocenters. The minimum Gasteiger partial charge on any atom is -0.444 e. The predicted molar refractivity (Wildman–Crippen MR) is 80.6 cm³/mol. The highest BCUT2D eigenvalue weighted by Crippen LogP contribution is 2.28. The van der Waals surface area contributed by atoms with E-state index >= 15 is 0 Å². The Morgan fingerprint density at radius 3 is 2.40 bits per heavy atom. The maximum absolute atomic E-state index is 11.8. The first kappa shape index (κ1) is 17.3. The van der Waals surface area contributed by atoms with Gasteiger partial charge in [-0.1, -0.05) is 32.1 Å². The van der Waals surface area contributed by atoms with E-state index in [1.807, 2.05) is 20.8 Å². The standard InChI is InChI=1S/C16H31NO3/c1-12(18)14(17-15(19)20-16(2,3)4)11-10-13-8-6-5-7-9-13/h12-14,18H,5-11H2,1-4H3,(H,17,19). The lowest BCUT2D eigenvalue weighted by molar-refractivity contribution is 0.0424. The lowest BCUT2D eigenvalue weighted by Crippen LogP contribution is -2.44. The van der Waals surface area contributed by atoms with Crippen molar-refractivity contribution >= 4 is 6.09 Å². The van der Waals surface area contributed by atoms with Gasteiger partial charge >= 0.3 is 6.09 Å². The highest BCUT2D eigenvalue weighted by molar-refractivity contribution is 5.68. The average Bonchev–Trinajstić information content (AvgIpc) is 2.33. The molecular weight excluding hydrogens is 254 g/mol. The zero-order chi connectivity index (χ0) is 15.2. The second kappa shape index (κ2) is 7.87. The van der Waals surface area contributed by atoms with Crippen molar-refractivity contribution in [1.29, 1.82) is 0 Å². The Bertz CT molecular complexity index is 291. The zero-order valence-corrected chi connectivity index (χ0v) is 13.4. The lowest BCUT2D eigenvalue weighted by Gasteiger charge is -2.27. The summed E-state index contributed by atoms with van der Waals surface area (Å²) in [5.41, 5.74) is -0.503. The molecule has 4 nitrogen and oxygen atoms in total. The van der Waals surface area contributed by atoms with E-state index in [9.17, 15) is 9.90 Å². The maximum atomic E-state index is 11.8. The monoisotopic (exact) mass is 285 g/mol. The number of aliphatic hydroxyl groups is 1. The van der Waals surface area contributed by atoms with Crippen molar-refractivity contribution in [2.75, 3.05) is 0 Å². The molecule has 0 aliphatic heterocycles. The number of rotatable bonds is 5. The van der Waals surface area contributed by atoms with Gasteiger partial charge in [0, 0.05) is 0 Å². The van der Waals surface area contributed by atoms with Crippen molar-refractivity contribution in [2.45, 2.75) is 90.4 Å². The fraction of sp³-hybridized carbons (Fsp3) is 0.938. The quantitative estimate of drug-likeness (QED) is 0.811. The smallest absolute Gasteiger partial charge is 0.407 e. The van der Waals surface area contributed by atoms with Gasteiger partial charge < -0.3 is 15.2 Å². The summed E-state index contributed by atoms with van der Waals surface area (Å²) >= 11 is 0. The number of alkyl carbamates (subject to hydrolysis) is 1. The normalized spacial score (nSPS) is 20.2. The summed E-state index contributed by atoms with van der Waals surface area (Å²) in [4.78, 5) is 11.8. The van der Waals surface area contributed by atoms with Gasteiger partial charge in [0.15, 0.2) is 0 Å². The molecule has 1 amide bonds. The molecule has 0 aromatic heterocycles. The average molecular weight is 285 g/mol. The van der Waals surface area contributed by atoms with Gasteiger partial charge in [-0.15, -0.1) is 0 Å². The van der Waals surface area contributed by atoms with E-state index in [-0.39, 0.29) is 6.04 Å². The fourth-order valence-electron chi connectivity index (χ4n) is 2.78. The molecule has 118 valence electrons. The fourth-order valence-corrected chi connectivity index (χ4v) is 2.78. The van der Waals surface area contributed by atoms with Crippen LogP contribution in [0.15, 0.2) is 0 Å². The van der Waals surface area contributed by atoms with E-state index in [2.05, 4.69) is 5.32 Å². The van der Waals surface area contributed by atoms with Crippen LogP contribution in [0, 0.1) is 5.92 Å². The van der Waals surface area contributed by atoms with Crippen LogP contribution in [0.5, 0.6) is 0 Å². The number of carbonyl (C=O) groups is 1. The number of carbonyl (C=O) groups excluding carboxylic acids is 1. The molecule has 2 N–H and O–H groups in total. The van der Waals surface area contributed by atoms with Crippen LogP contribution in [0.2, 0.25) is 0 Å². The minimum atomic E-state index is -0.550. The molecule has 4 heteroatoms. The van der Waals surface area contributed by atoms with Crippen molar-refractivity contribution in [3.05, 3.63) is 0 Å². The largest absolute Gasteiger partial charge is 0.444 e. The first-order valence-electron chi connectivity index (χ1n) is 7.95. The highest BCUT2D eigenvalue weighted by atomic mass is 16.6. The van der Waals surface area contributed by atoms with Gasteiger partial charge in [-0.05, 0) is 46.5 Å². The van der Waals surface area contributed by atoms with E-state index in [4.69, 9.17) is 4.74 Å². The first-order valence-corrected chi connectivity index (χ1v) is 7.95. The van der Waals surface area contributed by atoms with Crippen LogP contribution in [0.4, 0.5) is 4.79 Å². The molecule has 1 aliphatic rings. The molecule has 0 spiro atoms. The van der Waals surface area contributed by atoms with E-state index in [1.54, 1.807) is 6.92 Å². The Morgan fingerprint density at radius 2 is 1.90 bits per heavy atom. The molecule has 1 fully saturated rings. The Labute approximate surface area is 123 Å². The van der Waals surface area contributed by atoms with Crippen LogP contribution >= 0.6 is 0 Å². The van der Waals surface area contributed by atoms with Crippen LogP contribution < -0.4 is 5.32 Å². The van der Waals surface area contributed by atoms with Gasteiger partial charge in [-0.25, -0.2) is 4.79 Å². The Balaban J connectivity index is 2.37. The van der Waals surface area contributed by atoms with Crippen LogP contribution in [-0.2, 0) is 4.74 Å². The van der Waals surface area contributed by atoms with E-state index in [0.29, 0.717) is 0 Å². The number of hydrogen-bond donors (Lipinski definition) is 2. The van der Waals surface area contributed by atoms with Crippen LogP contribution in [0.1, 0.15) is 72.6 Å². The van der Waals surface area contributed by atoms with Gasteiger partial charge in [0.2, 0.25) is 0 Å². The van der Waals surface area contributed by atoms with E-state index < -0.39 is 17.8 Å². The molecule has 1 rings (SSSR count). The molecular formula is C16H31NO3. The first-order chi connectivity index (χ1) is 9.28. The third-order valence-electron chi connectivity index (χ3n) is 3.90. The van der Waals surface area contributed by atoms with E-state index in [0.717, 1.165) is 18.8 Å². The third-order valence-corrected chi connectivity index (χ3v) is 3.90. The zero-order valence-electron chi connectivity index (χ0n) is 13.4. The van der Waals surface area contributed by atoms with Crippen molar-refractivity contribution in [3.63, 3.8) is 0 Å². The summed E-state index contributed by atoms with van der Waals surface area (Å²) in [5, 5.41) is 12.6. The lowest BCUT2D eigenvalue weighted by atomic mass is 9.85. The van der Waals surface area contributed by atoms with Gasteiger partial charge in [0.05, 0.1) is 12.1 Å². The molecule has 0 bridgehead atoms. The summed E-state index contributed by atoms with van der Waals surface area (Å²) in [6.45, 7) is 7.24. The summed E-state index contributed by atoms with van der Waals surface area (Å²) in [7, 11) is 0. The molecule has 20 heavy (non-hydrogen) atoms. The molecule has 0 heterocycles. The summed E-state index contributed by atoms with van der Waals surface area (Å²) in [6.07, 6.45) is 7.49. The maximum Gasteiger partial charge on any atom is 0.407 e. The number of hydrogen-bond acceptors (Lipinski definition) is 3. The molecule has 1 saturated carbocycles. The molecule has 0 aromatic rings. The predicted octanol–water partition coefficient (Wildman–Crippen LogP) is 3.62. The second-order valence-corrected chi connectivity index (χ2v) is 7.07. The molecule has 0 saturated heterocycles. The topological polar surface area (TPSA) is 58.6 Å². The van der Waals surface area contributed by atoms with Gasteiger partial charge in [-0.3, -0.25) is 0 Å². The Kier molecular flexibility index (Phi) is 6.80. The van der Waals surface area contributed by atoms with Crippen molar-refractivity contribution in [3.8, 4) is 0 Å². The molecule has 0 radical (unpaired) electrons. The Morgan fingerprint density at radius 1 is 1.30 bits per heavy atom. The number of aliphatic hydroxyl groups excluding tert-OH is 1. The molecule has 1 aliphatic carbocycles. The van der Waals surface area contributed by atoms with Gasteiger partial charge in [-0.2, -0.15) is 0 Å².